The maximum Gasteiger partial charge on any atom is 0.189 e. The Bertz CT molecular complexity index is 1310. The van der Waals surface area contributed by atoms with Crippen LogP contribution in [0.1, 0.15) is 34.0 Å². The zero-order chi connectivity index (χ0) is 25.2. The summed E-state index contributed by atoms with van der Waals surface area (Å²) in [5.41, 5.74) is 3.02. The number of allylic oxidation sites excluding steroid dienone is 1. The largest absolute Gasteiger partial charge is 0.507 e. The minimum Gasteiger partial charge on any atom is -0.507 e. The summed E-state index contributed by atoms with van der Waals surface area (Å²) in [6, 6.07) is 29.8. The van der Waals surface area contributed by atoms with E-state index >= 15 is 0 Å². The summed E-state index contributed by atoms with van der Waals surface area (Å²) in [6.07, 6.45) is 3.09. The summed E-state index contributed by atoms with van der Waals surface area (Å²) in [6.45, 7) is 3.20. The van der Waals surface area contributed by atoms with Crippen molar-refractivity contribution in [1.82, 2.24) is 0 Å². The number of hydrogen-bond donors (Lipinski definition) is 1. The van der Waals surface area contributed by atoms with Crippen LogP contribution >= 0.6 is 0 Å². The summed E-state index contributed by atoms with van der Waals surface area (Å²) in [5.74, 6) is 1.32. The van der Waals surface area contributed by atoms with Crippen molar-refractivity contribution < 1.29 is 24.1 Å². The Morgan fingerprint density at radius 2 is 1.33 bits per heavy atom. The molecule has 0 saturated carbocycles. The maximum atomic E-state index is 12.8. The molecule has 0 saturated heterocycles. The second-order valence-electron chi connectivity index (χ2n) is 8.06. The first-order valence-electron chi connectivity index (χ1n) is 11.8. The van der Waals surface area contributed by atoms with Gasteiger partial charge in [0, 0.05) is 17.7 Å². The van der Waals surface area contributed by atoms with E-state index in [0.29, 0.717) is 37.1 Å². The minimum atomic E-state index is -0.325. The van der Waals surface area contributed by atoms with Crippen molar-refractivity contribution in [3.05, 3.63) is 125 Å². The second-order valence-corrected chi connectivity index (χ2v) is 8.06. The Hall–Kier alpha value is -4.51. The fourth-order valence-corrected chi connectivity index (χ4v) is 3.57. The number of hydrogen-bond acceptors (Lipinski definition) is 5. The third kappa shape index (κ3) is 6.76. The molecule has 0 radical (unpaired) electrons. The monoisotopic (exact) mass is 480 g/mol. The van der Waals surface area contributed by atoms with Crippen LogP contribution in [-0.2, 0) is 13.2 Å². The van der Waals surface area contributed by atoms with Crippen molar-refractivity contribution in [2.75, 3.05) is 6.61 Å². The number of carbonyl (C=O) groups excluding carboxylic acids is 1. The van der Waals surface area contributed by atoms with E-state index in [1.165, 1.54) is 12.1 Å². The Morgan fingerprint density at radius 3 is 1.92 bits per heavy atom. The van der Waals surface area contributed by atoms with Crippen LogP contribution < -0.4 is 14.2 Å². The molecule has 36 heavy (non-hydrogen) atoms. The van der Waals surface area contributed by atoms with Crippen molar-refractivity contribution in [3.8, 4) is 23.0 Å². The predicted octanol–water partition coefficient (Wildman–Crippen LogP) is 6.85. The number of benzene rings is 4. The van der Waals surface area contributed by atoms with Gasteiger partial charge < -0.3 is 19.3 Å². The zero-order valence-electron chi connectivity index (χ0n) is 20.1. The molecule has 0 aliphatic carbocycles. The van der Waals surface area contributed by atoms with Gasteiger partial charge in [-0.15, -0.1) is 0 Å². The highest BCUT2D eigenvalue weighted by Gasteiger charge is 2.11. The van der Waals surface area contributed by atoms with Gasteiger partial charge in [-0.05, 0) is 54.5 Å². The van der Waals surface area contributed by atoms with Crippen molar-refractivity contribution in [1.29, 1.82) is 0 Å². The maximum absolute atomic E-state index is 12.8. The molecule has 5 heteroatoms. The topological polar surface area (TPSA) is 65.0 Å². The molecule has 182 valence electrons. The molecule has 0 unspecified atom stereocenters. The number of aromatic hydroxyl groups is 1. The smallest absolute Gasteiger partial charge is 0.189 e. The van der Waals surface area contributed by atoms with E-state index < -0.39 is 0 Å². The molecule has 4 aromatic rings. The quantitative estimate of drug-likeness (QED) is 0.188. The summed E-state index contributed by atoms with van der Waals surface area (Å²) in [4.78, 5) is 12.8. The van der Waals surface area contributed by atoms with Gasteiger partial charge in [-0.25, -0.2) is 0 Å². The summed E-state index contributed by atoms with van der Waals surface area (Å²) < 4.78 is 17.4. The zero-order valence-corrected chi connectivity index (χ0v) is 20.1. The third-order valence-electron chi connectivity index (χ3n) is 5.43. The highest BCUT2D eigenvalue weighted by atomic mass is 16.5. The Balaban J connectivity index is 1.42. The molecule has 0 fully saturated rings. The molecule has 4 aromatic carbocycles. The molecule has 1 N–H and O–H groups in total. The number of ketones is 1. The van der Waals surface area contributed by atoms with Gasteiger partial charge in [0.2, 0.25) is 0 Å². The number of phenols is 1. The van der Waals surface area contributed by atoms with Gasteiger partial charge in [0.05, 0.1) is 12.2 Å². The van der Waals surface area contributed by atoms with E-state index in [0.717, 1.165) is 16.7 Å². The molecule has 0 atom stereocenters. The van der Waals surface area contributed by atoms with E-state index in [-0.39, 0.29) is 17.1 Å². The number of phenolic OH excluding ortho intramolecular Hbond substituents is 1. The van der Waals surface area contributed by atoms with Crippen molar-refractivity contribution in [3.63, 3.8) is 0 Å². The Morgan fingerprint density at radius 1 is 0.750 bits per heavy atom. The molecule has 0 amide bonds. The molecular weight excluding hydrogens is 452 g/mol. The fraction of sp³-hybridized carbons (Fsp3) is 0.129. The molecule has 0 aliphatic rings. The lowest BCUT2D eigenvalue weighted by Crippen LogP contribution is -1.99. The molecule has 5 nitrogen and oxygen atoms in total. The van der Waals surface area contributed by atoms with Gasteiger partial charge in [0.15, 0.2) is 5.78 Å². The number of ether oxygens (including phenoxy) is 3. The van der Waals surface area contributed by atoms with Crippen LogP contribution in [0.25, 0.3) is 6.08 Å². The van der Waals surface area contributed by atoms with Crippen LogP contribution in [0, 0.1) is 0 Å². The standard InChI is InChI=1S/C31H28O5/c1-2-34-31-20-27(36-22-24-11-7-4-8-12-24)15-13-25(31)14-18-29(32)28-17-16-26(19-30(28)33)35-21-23-9-5-3-6-10-23/h3-20,33H,2,21-22H2,1H3. The molecule has 0 spiro atoms. The number of carbonyl (C=O) groups is 1. The first-order valence-corrected chi connectivity index (χ1v) is 11.8. The van der Waals surface area contributed by atoms with Crippen LogP contribution in [0.2, 0.25) is 0 Å². The van der Waals surface area contributed by atoms with Gasteiger partial charge in [0.25, 0.3) is 0 Å². The van der Waals surface area contributed by atoms with Crippen molar-refractivity contribution in [2.24, 2.45) is 0 Å². The fourth-order valence-electron chi connectivity index (χ4n) is 3.57. The van der Waals surface area contributed by atoms with Gasteiger partial charge in [-0.3, -0.25) is 4.79 Å². The third-order valence-corrected chi connectivity index (χ3v) is 5.43. The molecule has 0 bridgehead atoms. The van der Waals surface area contributed by atoms with Gasteiger partial charge >= 0.3 is 0 Å². The normalized spacial score (nSPS) is 10.8. The van der Waals surface area contributed by atoms with Crippen molar-refractivity contribution in [2.45, 2.75) is 20.1 Å². The Kier molecular flexibility index (Phi) is 8.39. The summed E-state index contributed by atoms with van der Waals surface area (Å²) in [7, 11) is 0. The Labute approximate surface area is 211 Å². The highest BCUT2D eigenvalue weighted by molar-refractivity contribution is 6.08. The average molecular weight is 481 g/mol. The van der Waals surface area contributed by atoms with E-state index in [2.05, 4.69) is 0 Å². The van der Waals surface area contributed by atoms with E-state index in [4.69, 9.17) is 14.2 Å². The second kappa shape index (κ2) is 12.3. The SMILES string of the molecule is CCOc1cc(OCc2ccccc2)ccc1C=CC(=O)c1ccc(OCc2ccccc2)cc1O. The lowest BCUT2D eigenvalue weighted by Gasteiger charge is -2.11. The van der Waals surface area contributed by atoms with Crippen LogP contribution in [0.15, 0.2) is 103 Å². The molecular formula is C31H28O5. The van der Waals surface area contributed by atoms with Gasteiger partial charge in [0.1, 0.15) is 36.2 Å². The van der Waals surface area contributed by atoms with E-state index in [1.807, 2.05) is 85.8 Å². The lowest BCUT2D eigenvalue weighted by atomic mass is 10.1. The van der Waals surface area contributed by atoms with Crippen LogP contribution in [0.4, 0.5) is 0 Å². The van der Waals surface area contributed by atoms with Gasteiger partial charge in [-0.1, -0.05) is 60.7 Å². The first kappa shape index (κ1) is 24.6. The average Bonchev–Trinajstić information content (AvgIpc) is 2.91. The molecule has 0 aromatic heterocycles. The minimum absolute atomic E-state index is 0.134. The lowest BCUT2D eigenvalue weighted by molar-refractivity contribution is 0.104. The van der Waals surface area contributed by atoms with E-state index in [9.17, 15) is 9.90 Å². The number of rotatable bonds is 11. The van der Waals surface area contributed by atoms with Gasteiger partial charge in [-0.2, -0.15) is 0 Å². The summed E-state index contributed by atoms with van der Waals surface area (Å²) in [5, 5.41) is 10.4. The molecule has 0 aliphatic heterocycles. The van der Waals surface area contributed by atoms with Crippen LogP contribution in [0.5, 0.6) is 23.0 Å². The van der Waals surface area contributed by atoms with E-state index in [1.54, 1.807) is 18.2 Å². The highest BCUT2D eigenvalue weighted by Crippen LogP contribution is 2.28. The van der Waals surface area contributed by atoms with Crippen LogP contribution in [0.3, 0.4) is 0 Å². The predicted molar refractivity (Wildman–Crippen MR) is 141 cm³/mol. The summed E-state index contributed by atoms with van der Waals surface area (Å²) >= 11 is 0. The first-order chi connectivity index (χ1) is 17.6. The molecule has 4 rings (SSSR count). The molecule has 0 heterocycles. The van der Waals surface area contributed by atoms with Crippen LogP contribution in [-0.4, -0.2) is 17.5 Å². The van der Waals surface area contributed by atoms with Crippen molar-refractivity contribution >= 4 is 11.9 Å².